The van der Waals surface area contributed by atoms with Gasteiger partial charge in [-0.05, 0) is 19.8 Å². The lowest BCUT2D eigenvalue weighted by Gasteiger charge is -2.26. The summed E-state index contributed by atoms with van der Waals surface area (Å²) in [5.41, 5.74) is 0. The van der Waals surface area contributed by atoms with Gasteiger partial charge in [0.15, 0.2) is 0 Å². The summed E-state index contributed by atoms with van der Waals surface area (Å²) in [7, 11) is 0. The van der Waals surface area contributed by atoms with Crippen LogP contribution in [-0.4, -0.2) is 52.2 Å². The number of aliphatic carboxylic acids is 1. The second kappa shape index (κ2) is 6.79. The van der Waals surface area contributed by atoms with Crippen LogP contribution >= 0.6 is 12.6 Å². The highest BCUT2D eigenvalue weighted by molar-refractivity contribution is 7.80. The predicted molar refractivity (Wildman–Crippen MR) is 73.0 cm³/mol. The third-order valence-corrected chi connectivity index (χ3v) is 3.81. The first-order chi connectivity index (χ1) is 8.88. The number of carboxylic acids is 1. The normalized spacial score (nSPS) is 21.8. The number of hydrogen-bond acceptors (Lipinski definition) is 4. The zero-order chi connectivity index (χ0) is 14.6. The fourth-order valence-corrected chi connectivity index (χ4v) is 2.19. The number of amides is 2. The van der Waals surface area contributed by atoms with Gasteiger partial charge in [-0.15, -0.1) is 0 Å². The molecular formula is C12H20N2O4S. The Hall–Kier alpha value is -1.24. The van der Waals surface area contributed by atoms with Crippen LogP contribution in [0.25, 0.3) is 0 Å². The number of likely N-dealkylation sites (tertiary alicyclic amines) is 1. The van der Waals surface area contributed by atoms with Crippen molar-refractivity contribution in [2.24, 2.45) is 5.92 Å². The number of carbonyl (C=O) groups is 3. The fraction of sp³-hybridized carbons (Fsp3) is 0.750. The fourth-order valence-electron chi connectivity index (χ4n) is 2.04. The Labute approximate surface area is 117 Å². The van der Waals surface area contributed by atoms with E-state index in [4.69, 9.17) is 5.11 Å². The number of carboxylic acid groups (broad SMARTS) is 1. The molecule has 1 unspecified atom stereocenters. The summed E-state index contributed by atoms with van der Waals surface area (Å²) in [6, 6.07) is -1.51. The standard InChI is InChI=1S/C12H20N2O4S/c1-7(6-19)11(16)14-5-3-4-9(14)10(15)13-8(2)12(17)18/h7-9,19H,3-6H2,1-2H3,(H,13,15)(H,17,18)/t7?,8-,9-/m0/s1. The van der Waals surface area contributed by atoms with E-state index in [0.717, 1.165) is 6.42 Å². The predicted octanol–water partition coefficient (Wildman–Crippen LogP) is 0.133. The molecule has 0 saturated carbocycles. The van der Waals surface area contributed by atoms with E-state index in [0.29, 0.717) is 18.7 Å². The minimum atomic E-state index is -1.09. The zero-order valence-corrected chi connectivity index (χ0v) is 12.0. The lowest BCUT2D eigenvalue weighted by Crippen LogP contribution is -2.51. The first kappa shape index (κ1) is 15.8. The molecule has 0 spiro atoms. The topological polar surface area (TPSA) is 86.7 Å². The van der Waals surface area contributed by atoms with Crippen LogP contribution in [0.15, 0.2) is 0 Å². The van der Waals surface area contributed by atoms with E-state index < -0.39 is 24.0 Å². The highest BCUT2D eigenvalue weighted by atomic mass is 32.1. The SMILES string of the molecule is CC(CS)C(=O)N1CCC[C@H]1C(=O)N[C@@H](C)C(=O)O. The molecule has 1 aliphatic rings. The summed E-state index contributed by atoms with van der Waals surface area (Å²) in [4.78, 5) is 36.3. The van der Waals surface area contributed by atoms with E-state index in [1.54, 1.807) is 6.92 Å². The number of carbonyl (C=O) groups excluding carboxylic acids is 2. The minimum absolute atomic E-state index is 0.101. The van der Waals surface area contributed by atoms with E-state index in [9.17, 15) is 14.4 Å². The van der Waals surface area contributed by atoms with Gasteiger partial charge < -0.3 is 15.3 Å². The molecule has 0 aromatic heterocycles. The lowest BCUT2D eigenvalue weighted by atomic mass is 10.1. The van der Waals surface area contributed by atoms with Gasteiger partial charge in [0.05, 0.1) is 0 Å². The van der Waals surface area contributed by atoms with Gasteiger partial charge in [0.1, 0.15) is 12.1 Å². The smallest absolute Gasteiger partial charge is 0.325 e. The van der Waals surface area contributed by atoms with Crippen molar-refractivity contribution in [3.63, 3.8) is 0 Å². The van der Waals surface area contributed by atoms with Crippen molar-refractivity contribution in [2.45, 2.75) is 38.8 Å². The Morgan fingerprint density at radius 2 is 2.05 bits per heavy atom. The molecule has 2 amide bonds. The Bertz CT molecular complexity index is 375. The molecule has 1 aliphatic heterocycles. The average molecular weight is 288 g/mol. The van der Waals surface area contributed by atoms with Crippen LogP contribution in [-0.2, 0) is 14.4 Å². The molecular weight excluding hydrogens is 268 g/mol. The maximum absolute atomic E-state index is 12.1. The number of thiol groups is 1. The van der Waals surface area contributed by atoms with E-state index >= 15 is 0 Å². The molecule has 2 N–H and O–H groups in total. The molecule has 1 saturated heterocycles. The average Bonchev–Trinajstić information content (AvgIpc) is 2.85. The van der Waals surface area contributed by atoms with E-state index in [2.05, 4.69) is 17.9 Å². The molecule has 0 bridgehead atoms. The van der Waals surface area contributed by atoms with Gasteiger partial charge in [-0.3, -0.25) is 14.4 Å². The van der Waals surface area contributed by atoms with Crippen LogP contribution in [0, 0.1) is 5.92 Å². The second-order valence-corrected chi connectivity index (χ2v) is 5.21. The van der Waals surface area contributed by atoms with Crippen molar-refractivity contribution in [1.29, 1.82) is 0 Å². The third-order valence-electron chi connectivity index (χ3n) is 3.26. The van der Waals surface area contributed by atoms with Gasteiger partial charge in [-0.1, -0.05) is 6.92 Å². The van der Waals surface area contributed by atoms with Crippen LogP contribution in [0.2, 0.25) is 0 Å². The van der Waals surface area contributed by atoms with E-state index in [-0.39, 0.29) is 11.8 Å². The summed E-state index contributed by atoms with van der Waals surface area (Å²) in [6.07, 6.45) is 1.33. The van der Waals surface area contributed by atoms with Crippen LogP contribution in [0.3, 0.4) is 0 Å². The molecule has 0 radical (unpaired) electrons. The quantitative estimate of drug-likeness (QED) is 0.628. The van der Waals surface area contributed by atoms with Crippen LogP contribution in [0.5, 0.6) is 0 Å². The molecule has 0 aromatic rings. The Morgan fingerprint density at radius 3 is 2.58 bits per heavy atom. The maximum Gasteiger partial charge on any atom is 0.325 e. The molecule has 108 valence electrons. The van der Waals surface area contributed by atoms with Gasteiger partial charge in [-0.2, -0.15) is 12.6 Å². The summed E-state index contributed by atoms with van der Waals surface area (Å²) in [5, 5.41) is 11.2. The van der Waals surface area contributed by atoms with Gasteiger partial charge in [0.25, 0.3) is 0 Å². The number of rotatable bonds is 5. The second-order valence-electron chi connectivity index (χ2n) is 4.84. The number of nitrogens with zero attached hydrogens (tertiary/aromatic N) is 1. The number of nitrogens with one attached hydrogen (secondary N) is 1. The lowest BCUT2D eigenvalue weighted by molar-refractivity contribution is -0.144. The molecule has 1 rings (SSSR count). The van der Waals surface area contributed by atoms with Crippen molar-refractivity contribution >= 4 is 30.4 Å². The first-order valence-corrected chi connectivity index (χ1v) is 6.96. The summed E-state index contributed by atoms with van der Waals surface area (Å²) in [6.45, 7) is 3.71. The Balaban J connectivity index is 2.68. The molecule has 7 heteroatoms. The van der Waals surface area contributed by atoms with Crippen molar-refractivity contribution in [3.05, 3.63) is 0 Å². The van der Waals surface area contributed by atoms with Crippen LogP contribution in [0.1, 0.15) is 26.7 Å². The molecule has 1 fully saturated rings. The number of hydrogen-bond donors (Lipinski definition) is 3. The van der Waals surface area contributed by atoms with Crippen molar-refractivity contribution < 1.29 is 19.5 Å². The van der Waals surface area contributed by atoms with Gasteiger partial charge in [0.2, 0.25) is 11.8 Å². The molecule has 0 aromatic carbocycles. The monoisotopic (exact) mass is 288 g/mol. The largest absolute Gasteiger partial charge is 0.480 e. The van der Waals surface area contributed by atoms with Gasteiger partial charge in [-0.25, -0.2) is 0 Å². The third kappa shape index (κ3) is 3.86. The van der Waals surface area contributed by atoms with Gasteiger partial charge >= 0.3 is 5.97 Å². The van der Waals surface area contributed by atoms with Gasteiger partial charge in [0, 0.05) is 18.2 Å². The van der Waals surface area contributed by atoms with Crippen molar-refractivity contribution in [2.75, 3.05) is 12.3 Å². The molecule has 0 aliphatic carbocycles. The zero-order valence-electron chi connectivity index (χ0n) is 11.1. The van der Waals surface area contributed by atoms with Crippen LogP contribution < -0.4 is 5.32 Å². The maximum atomic E-state index is 12.1. The minimum Gasteiger partial charge on any atom is -0.480 e. The van der Waals surface area contributed by atoms with E-state index in [1.165, 1.54) is 11.8 Å². The molecule has 3 atom stereocenters. The highest BCUT2D eigenvalue weighted by Crippen LogP contribution is 2.20. The molecule has 19 heavy (non-hydrogen) atoms. The first-order valence-electron chi connectivity index (χ1n) is 6.33. The van der Waals surface area contributed by atoms with Crippen molar-refractivity contribution in [3.8, 4) is 0 Å². The van der Waals surface area contributed by atoms with E-state index in [1.807, 2.05) is 0 Å². The highest BCUT2D eigenvalue weighted by Gasteiger charge is 2.36. The molecule has 1 heterocycles. The van der Waals surface area contributed by atoms with Crippen molar-refractivity contribution in [1.82, 2.24) is 10.2 Å². The Morgan fingerprint density at radius 1 is 1.42 bits per heavy atom. The summed E-state index contributed by atoms with van der Waals surface area (Å²) in [5.74, 6) is -1.40. The Kier molecular flexibility index (Phi) is 5.65. The summed E-state index contributed by atoms with van der Waals surface area (Å²) >= 11 is 4.09. The molecule has 6 nitrogen and oxygen atoms in total. The summed E-state index contributed by atoms with van der Waals surface area (Å²) < 4.78 is 0. The van der Waals surface area contributed by atoms with Crippen LogP contribution in [0.4, 0.5) is 0 Å².